The number of fused-ring (bicyclic) bond motifs is 1. The summed E-state index contributed by atoms with van der Waals surface area (Å²) in [6.07, 6.45) is 5.43. The van der Waals surface area contributed by atoms with Crippen LogP contribution < -0.4 is 16.0 Å². The fourth-order valence-electron chi connectivity index (χ4n) is 2.97. The van der Waals surface area contributed by atoms with Gasteiger partial charge in [0.25, 0.3) is 0 Å². The molecule has 1 aromatic rings. The molecule has 1 heterocycles. The molecule has 1 amide bonds. The van der Waals surface area contributed by atoms with Crippen molar-refractivity contribution in [2.75, 3.05) is 25.0 Å². The molecule has 0 spiro atoms. The number of nitrogens with one attached hydrogen (secondary N) is 3. The molecule has 24 heavy (non-hydrogen) atoms. The highest BCUT2D eigenvalue weighted by molar-refractivity contribution is 5.94. The fraction of sp³-hybridized carbons (Fsp3) is 0.579. The molecule has 5 heteroatoms. The van der Waals surface area contributed by atoms with Crippen LogP contribution in [0.3, 0.4) is 0 Å². The van der Waals surface area contributed by atoms with Gasteiger partial charge in [-0.3, -0.25) is 9.79 Å². The molecule has 0 fully saturated rings. The smallest absolute Gasteiger partial charge is 0.225 e. The lowest BCUT2D eigenvalue weighted by atomic mass is 9.91. The Balaban J connectivity index is 1.94. The van der Waals surface area contributed by atoms with Gasteiger partial charge >= 0.3 is 0 Å². The average molecular weight is 330 g/mol. The largest absolute Gasteiger partial charge is 0.357 e. The van der Waals surface area contributed by atoms with E-state index in [-0.39, 0.29) is 11.8 Å². The third-order valence-electron chi connectivity index (χ3n) is 4.24. The SMILES string of the molecule is CCCCCCNC(=NCC1CC(=O)Nc2ccccc21)NCC. The summed E-state index contributed by atoms with van der Waals surface area (Å²) in [7, 11) is 0. The number of guanidine groups is 1. The van der Waals surface area contributed by atoms with Crippen LogP contribution in [0.25, 0.3) is 0 Å². The summed E-state index contributed by atoms with van der Waals surface area (Å²) in [4.78, 5) is 16.6. The van der Waals surface area contributed by atoms with Crippen molar-refractivity contribution in [1.29, 1.82) is 0 Å². The molecule has 1 unspecified atom stereocenters. The molecule has 0 saturated heterocycles. The molecule has 0 bridgehead atoms. The number of hydrogen-bond acceptors (Lipinski definition) is 2. The van der Waals surface area contributed by atoms with Gasteiger partial charge in [0, 0.05) is 31.1 Å². The highest BCUT2D eigenvalue weighted by Crippen LogP contribution is 2.31. The van der Waals surface area contributed by atoms with Gasteiger partial charge in [0.05, 0.1) is 6.54 Å². The van der Waals surface area contributed by atoms with Gasteiger partial charge in [0.2, 0.25) is 5.91 Å². The Bertz CT molecular complexity index is 556. The van der Waals surface area contributed by atoms with Crippen molar-refractivity contribution in [2.45, 2.75) is 51.9 Å². The Kier molecular flexibility index (Phi) is 7.59. The maximum absolute atomic E-state index is 11.9. The monoisotopic (exact) mass is 330 g/mol. The molecule has 1 aliphatic heterocycles. The summed E-state index contributed by atoms with van der Waals surface area (Å²) in [6, 6.07) is 8.01. The Morgan fingerprint density at radius 2 is 2.04 bits per heavy atom. The van der Waals surface area contributed by atoms with Crippen molar-refractivity contribution in [3.05, 3.63) is 29.8 Å². The molecule has 0 radical (unpaired) electrons. The van der Waals surface area contributed by atoms with Crippen LogP contribution in [0, 0.1) is 0 Å². The second-order valence-corrected chi connectivity index (χ2v) is 6.24. The van der Waals surface area contributed by atoms with Crippen LogP contribution in [-0.4, -0.2) is 31.5 Å². The second-order valence-electron chi connectivity index (χ2n) is 6.24. The first-order valence-electron chi connectivity index (χ1n) is 9.15. The molecule has 0 aliphatic carbocycles. The average Bonchev–Trinajstić information content (AvgIpc) is 2.59. The molecular formula is C19H30N4O. The fourth-order valence-corrected chi connectivity index (χ4v) is 2.97. The molecule has 1 atom stereocenters. The minimum Gasteiger partial charge on any atom is -0.357 e. The van der Waals surface area contributed by atoms with E-state index < -0.39 is 0 Å². The second kappa shape index (κ2) is 9.96. The van der Waals surface area contributed by atoms with Crippen LogP contribution in [0.2, 0.25) is 0 Å². The summed E-state index contributed by atoms with van der Waals surface area (Å²) in [5.41, 5.74) is 2.10. The van der Waals surface area contributed by atoms with Crippen molar-refractivity contribution < 1.29 is 4.79 Å². The number of hydrogen-bond donors (Lipinski definition) is 3. The third kappa shape index (κ3) is 5.55. The first kappa shape index (κ1) is 18.3. The topological polar surface area (TPSA) is 65.5 Å². The molecular weight excluding hydrogens is 300 g/mol. The highest BCUT2D eigenvalue weighted by atomic mass is 16.1. The van der Waals surface area contributed by atoms with E-state index in [0.29, 0.717) is 13.0 Å². The Hall–Kier alpha value is -2.04. The van der Waals surface area contributed by atoms with E-state index in [1.54, 1.807) is 0 Å². The maximum Gasteiger partial charge on any atom is 0.225 e. The molecule has 132 valence electrons. The lowest BCUT2D eigenvalue weighted by molar-refractivity contribution is -0.116. The van der Waals surface area contributed by atoms with Gasteiger partial charge in [0.1, 0.15) is 0 Å². The summed E-state index contributed by atoms with van der Waals surface area (Å²) >= 11 is 0. The minimum absolute atomic E-state index is 0.0754. The summed E-state index contributed by atoms with van der Waals surface area (Å²) < 4.78 is 0. The van der Waals surface area contributed by atoms with E-state index in [1.807, 2.05) is 18.2 Å². The number of aliphatic imine (C=N–C) groups is 1. The van der Waals surface area contributed by atoms with E-state index in [2.05, 4.69) is 35.9 Å². The van der Waals surface area contributed by atoms with Crippen LogP contribution in [-0.2, 0) is 4.79 Å². The normalized spacial score (nSPS) is 17.2. The Morgan fingerprint density at radius 3 is 2.83 bits per heavy atom. The van der Waals surface area contributed by atoms with Crippen molar-refractivity contribution in [1.82, 2.24) is 10.6 Å². The van der Waals surface area contributed by atoms with Crippen LogP contribution in [0.15, 0.2) is 29.3 Å². The summed E-state index contributed by atoms with van der Waals surface area (Å²) in [5.74, 6) is 1.06. The first-order valence-corrected chi connectivity index (χ1v) is 9.15. The number of para-hydroxylation sites is 1. The number of amides is 1. The number of rotatable bonds is 8. The van der Waals surface area contributed by atoms with Crippen molar-refractivity contribution in [3.63, 3.8) is 0 Å². The van der Waals surface area contributed by atoms with E-state index in [9.17, 15) is 4.79 Å². The van der Waals surface area contributed by atoms with Gasteiger partial charge in [-0.1, -0.05) is 44.4 Å². The van der Waals surface area contributed by atoms with E-state index in [1.165, 1.54) is 24.8 Å². The first-order chi connectivity index (χ1) is 11.7. The van der Waals surface area contributed by atoms with Crippen molar-refractivity contribution in [3.8, 4) is 0 Å². The van der Waals surface area contributed by atoms with Gasteiger partial charge in [-0.05, 0) is 25.0 Å². The number of carbonyl (C=O) groups is 1. The molecule has 1 aromatic carbocycles. The van der Waals surface area contributed by atoms with Gasteiger partial charge < -0.3 is 16.0 Å². The molecule has 0 saturated carbocycles. The van der Waals surface area contributed by atoms with E-state index >= 15 is 0 Å². The molecule has 0 aromatic heterocycles. The van der Waals surface area contributed by atoms with Crippen LogP contribution >= 0.6 is 0 Å². The van der Waals surface area contributed by atoms with Gasteiger partial charge in [-0.15, -0.1) is 0 Å². The molecule has 2 rings (SSSR count). The number of unbranched alkanes of at least 4 members (excludes halogenated alkanes) is 3. The van der Waals surface area contributed by atoms with E-state index in [0.717, 1.165) is 31.2 Å². The summed E-state index contributed by atoms with van der Waals surface area (Å²) in [6.45, 7) is 6.68. The van der Waals surface area contributed by atoms with Crippen LogP contribution in [0.1, 0.15) is 57.4 Å². The van der Waals surface area contributed by atoms with E-state index in [4.69, 9.17) is 4.99 Å². The maximum atomic E-state index is 11.9. The standard InChI is InChI=1S/C19H30N4O/c1-3-5-6-9-12-21-19(20-4-2)22-14-15-13-18(24)23-17-11-8-7-10-16(15)17/h7-8,10-11,15H,3-6,9,12-14H2,1-2H3,(H,23,24)(H2,20,21,22). The van der Waals surface area contributed by atoms with Gasteiger partial charge in [-0.2, -0.15) is 0 Å². The van der Waals surface area contributed by atoms with Crippen molar-refractivity contribution >= 4 is 17.6 Å². The zero-order chi connectivity index (χ0) is 17.2. The molecule has 5 nitrogen and oxygen atoms in total. The number of benzene rings is 1. The Morgan fingerprint density at radius 1 is 1.21 bits per heavy atom. The zero-order valence-corrected chi connectivity index (χ0v) is 14.9. The van der Waals surface area contributed by atoms with Crippen molar-refractivity contribution in [2.24, 2.45) is 4.99 Å². The summed E-state index contributed by atoms with van der Waals surface area (Å²) in [5, 5.41) is 9.62. The highest BCUT2D eigenvalue weighted by Gasteiger charge is 2.24. The Labute approximate surface area is 145 Å². The predicted molar refractivity (Wildman–Crippen MR) is 101 cm³/mol. The number of nitrogens with zero attached hydrogens (tertiary/aromatic N) is 1. The predicted octanol–water partition coefficient (Wildman–Crippen LogP) is 3.25. The van der Waals surface area contributed by atoms with Gasteiger partial charge in [-0.25, -0.2) is 0 Å². The zero-order valence-electron chi connectivity index (χ0n) is 14.9. The number of carbonyl (C=O) groups excluding carboxylic acids is 1. The quantitative estimate of drug-likeness (QED) is 0.389. The lowest BCUT2D eigenvalue weighted by Crippen LogP contribution is -2.38. The third-order valence-corrected chi connectivity index (χ3v) is 4.24. The molecule has 3 N–H and O–H groups in total. The minimum atomic E-state index is 0.0754. The lowest BCUT2D eigenvalue weighted by Gasteiger charge is -2.24. The van der Waals surface area contributed by atoms with Gasteiger partial charge in [0.15, 0.2) is 5.96 Å². The number of anilines is 1. The van der Waals surface area contributed by atoms with Crippen LogP contribution in [0.5, 0.6) is 0 Å². The molecule has 1 aliphatic rings. The van der Waals surface area contributed by atoms with Crippen LogP contribution in [0.4, 0.5) is 5.69 Å².